The molecule has 86 valence electrons. The van der Waals surface area contributed by atoms with Crippen LogP contribution in [0.25, 0.3) is 5.82 Å². The summed E-state index contributed by atoms with van der Waals surface area (Å²) < 4.78 is 1.75. The lowest BCUT2D eigenvalue weighted by Crippen LogP contribution is -2.19. The first-order chi connectivity index (χ1) is 8.22. The van der Waals surface area contributed by atoms with Gasteiger partial charge in [-0.2, -0.15) is 0 Å². The fraction of sp³-hybridized carbons (Fsp3) is 0.250. The van der Waals surface area contributed by atoms with Crippen molar-refractivity contribution in [2.24, 2.45) is 0 Å². The summed E-state index contributed by atoms with van der Waals surface area (Å²) in [6.07, 6.45) is 6.40. The summed E-state index contributed by atoms with van der Waals surface area (Å²) >= 11 is 0. The van der Waals surface area contributed by atoms with Gasteiger partial charge >= 0.3 is 5.97 Å². The van der Waals surface area contributed by atoms with Crippen molar-refractivity contribution < 1.29 is 9.90 Å². The Hall–Kier alpha value is -2.17. The second-order valence-corrected chi connectivity index (χ2v) is 4.24. The lowest BCUT2D eigenvalue weighted by atomic mass is 10.0. The van der Waals surface area contributed by atoms with Crippen molar-refractivity contribution in [3.8, 4) is 5.82 Å². The van der Waals surface area contributed by atoms with Crippen LogP contribution in [0, 0.1) is 0 Å². The van der Waals surface area contributed by atoms with Gasteiger partial charge in [0, 0.05) is 12.4 Å². The van der Waals surface area contributed by atoms with Gasteiger partial charge < -0.3 is 5.11 Å². The van der Waals surface area contributed by atoms with E-state index in [2.05, 4.69) is 9.97 Å². The number of hydrogen-bond donors (Lipinski definition) is 1. The molecule has 0 radical (unpaired) electrons. The largest absolute Gasteiger partial charge is 0.481 e. The first kappa shape index (κ1) is 10.0. The van der Waals surface area contributed by atoms with Gasteiger partial charge in [0.05, 0.1) is 5.69 Å². The van der Waals surface area contributed by atoms with Gasteiger partial charge in [0.1, 0.15) is 17.6 Å². The molecule has 17 heavy (non-hydrogen) atoms. The molecule has 1 fully saturated rings. The maximum atomic E-state index is 11.2. The average molecular weight is 229 g/mol. The lowest BCUT2D eigenvalue weighted by molar-refractivity contribution is -0.140. The number of carboxylic acids is 1. The highest BCUT2D eigenvalue weighted by Crippen LogP contribution is 2.47. The molecule has 2 aromatic heterocycles. The van der Waals surface area contributed by atoms with Crippen LogP contribution in [0.3, 0.4) is 0 Å². The van der Waals surface area contributed by atoms with Crippen molar-refractivity contribution in [3.05, 3.63) is 42.6 Å². The molecule has 5 heteroatoms. The molecule has 5 nitrogen and oxygen atoms in total. The molecular weight excluding hydrogens is 218 g/mol. The Morgan fingerprint density at radius 3 is 2.76 bits per heavy atom. The van der Waals surface area contributed by atoms with E-state index < -0.39 is 11.4 Å². The number of pyridine rings is 1. The molecule has 2 aromatic rings. The van der Waals surface area contributed by atoms with Gasteiger partial charge in [-0.25, -0.2) is 9.97 Å². The summed E-state index contributed by atoms with van der Waals surface area (Å²) in [7, 11) is 0. The quantitative estimate of drug-likeness (QED) is 0.863. The summed E-state index contributed by atoms with van der Waals surface area (Å²) in [5.41, 5.74) is -0.129. The second-order valence-electron chi connectivity index (χ2n) is 4.24. The molecule has 0 aliphatic heterocycles. The molecule has 1 N–H and O–H groups in total. The highest BCUT2D eigenvalue weighted by molar-refractivity contribution is 5.84. The molecule has 1 aliphatic carbocycles. The van der Waals surface area contributed by atoms with Crippen LogP contribution in [0.1, 0.15) is 18.5 Å². The van der Waals surface area contributed by atoms with Gasteiger partial charge in [-0.1, -0.05) is 6.07 Å². The number of carboxylic acid groups (broad SMARTS) is 1. The van der Waals surface area contributed by atoms with Crippen LogP contribution < -0.4 is 0 Å². The number of aromatic nitrogens is 3. The van der Waals surface area contributed by atoms with Gasteiger partial charge in [-0.05, 0) is 25.0 Å². The van der Waals surface area contributed by atoms with Crippen molar-refractivity contribution >= 4 is 5.97 Å². The lowest BCUT2D eigenvalue weighted by Gasteiger charge is -2.04. The topological polar surface area (TPSA) is 68.0 Å². The van der Waals surface area contributed by atoms with E-state index in [1.54, 1.807) is 23.3 Å². The Morgan fingerprint density at radius 2 is 2.18 bits per heavy atom. The molecule has 0 bridgehead atoms. The van der Waals surface area contributed by atoms with E-state index in [0.717, 1.165) is 5.82 Å². The van der Waals surface area contributed by atoms with Gasteiger partial charge in [-0.15, -0.1) is 0 Å². The van der Waals surface area contributed by atoms with Crippen molar-refractivity contribution in [1.82, 2.24) is 14.5 Å². The Morgan fingerprint density at radius 1 is 1.35 bits per heavy atom. The number of aliphatic carboxylic acids is 1. The molecule has 3 rings (SSSR count). The molecule has 0 amide bonds. The molecule has 1 aliphatic rings. The van der Waals surface area contributed by atoms with Crippen molar-refractivity contribution in [2.45, 2.75) is 18.3 Å². The molecule has 0 unspecified atom stereocenters. The van der Waals surface area contributed by atoms with Crippen LogP contribution in [-0.4, -0.2) is 25.6 Å². The first-order valence-corrected chi connectivity index (χ1v) is 5.42. The predicted molar refractivity (Wildman–Crippen MR) is 59.9 cm³/mol. The summed E-state index contributed by atoms with van der Waals surface area (Å²) in [5.74, 6) is -0.0452. The maximum absolute atomic E-state index is 11.2. The normalized spacial score (nSPS) is 16.7. The number of carbonyl (C=O) groups is 1. The zero-order valence-corrected chi connectivity index (χ0v) is 9.08. The monoisotopic (exact) mass is 229 g/mol. The molecular formula is C12H11N3O2. The van der Waals surface area contributed by atoms with E-state index in [-0.39, 0.29) is 0 Å². The molecule has 1 saturated carbocycles. The molecule has 0 saturated heterocycles. The van der Waals surface area contributed by atoms with Crippen LogP contribution in [0.4, 0.5) is 0 Å². The second kappa shape index (κ2) is 3.41. The van der Waals surface area contributed by atoms with Crippen molar-refractivity contribution in [3.63, 3.8) is 0 Å². The zero-order valence-electron chi connectivity index (χ0n) is 9.08. The third kappa shape index (κ3) is 1.51. The van der Waals surface area contributed by atoms with Crippen molar-refractivity contribution in [1.29, 1.82) is 0 Å². The molecule has 2 heterocycles. The van der Waals surface area contributed by atoms with Crippen LogP contribution in [0.5, 0.6) is 0 Å². The van der Waals surface area contributed by atoms with E-state index in [9.17, 15) is 9.90 Å². The van der Waals surface area contributed by atoms with E-state index in [4.69, 9.17) is 0 Å². The number of hydrogen-bond acceptors (Lipinski definition) is 3. The van der Waals surface area contributed by atoms with Gasteiger partial charge in [-0.3, -0.25) is 9.36 Å². The minimum atomic E-state index is -0.788. The van der Waals surface area contributed by atoms with E-state index in [0.29, 0.717) is 18.5 Å². The van der Waals surface area contributed by atoms with Crippen LogP contribution in [0.15, 0.2) is 36.9 Å². The van der Waals surface area contributed by atoms with E-state index in [1.807, 2.05) is 18.2 Å². The third-order valence-corrected chi connectivity index (χ3v) is 3.15. The third-order valence-electron chi connectivity index (χ3n) is 3.15. The molecule has 0 atom stereocenters. The minimum Gasteiger partial charge on any atom is -0.481 e. The molecule has 0 aromatic carbocycles. The smallest absolute Gasteiger partial charge is 0.315 e. The maximum Gasteiger partial charge on any atom is 0.315 e. The SMILES string of the molecule is O=C(O)C1(c2cn(-c3ccccn3)cn2)CC1. The molecule has 0 spiro atoms. The van der Waals surface area contributed by atoms with E-state index >= 15 is 0 Å². The van der Waals surface area contributed by atoms with Crippen molar-refractivity contribution in [2.75, 3.05) is 0 Å². The summed E-state index contributed by atoms with van der Waals surface area (Å²) in [4.78, 5) is 19.5. The highest BCUT2D eigenvalue weighted by Gasteiger charge is 2.53. The Bertz CT molecular complexity index is 558. The van der Waals surface area contributed by atoms with Crippen LogP contribution in [-0.2, 0) is 10.2 Å². The number of imidazole rings is 1. The summed E-state index contributed by atoms with van der Waals surface area (Å²) in [6.45, 7) is 0. The van der Waals surface area contributed by atoms with Gasteiger partial charge in [0.2, 0.25) is 0 Å². The number of nitrogens with zero attached hydrogens (tertiary/aromatic N) is 3. The van der Waals surface area contributed by atoms with Gasteiger partial charge in [0.15, 0.2) is 0 Å². The fourth-order valence-electron chi connectivity index (χ4n) is 1.91. The van der Waals surface area contributed by atoms with Crippen LogP contribution in [0.2, 0.25) is 0 Å². The van der Waals surface area contributed by atoms with E-state index in [1.165, 1.54) is 0 Å². The predicted octanol–water partition coefficient (Wildman–Crippen LogP) is 1.38. The zero-order chi connectivity index (χ0) is 11.9. The average Bonchev–Trinajstić information content (AvgIpc) is 3.02. The standard InChI is InChI=1S/C12H11N3O2/c16-11(17)12(4-5-12)9-7-15(8-14-9)10-3-1-2-6-13-10/h1-3,6-8H,4-5H2,(H,16,17). The fourth-order valence-corrected chi connectivity index (χ4v) is 1.91. The Kier molecular flexibility index (Phi) is 2.01. The Labute approximate surface area is 97.8 Å². The Balaban J connectivity index is 1.97. The van der Waals surface area contributed by atoms with Gasteiger partial charge in [0.25, 0.3) is 0 Å². The highest BCUT2D eigenvalue weighted by atomic mass is 16.4. The summed E-state index contributed by atoms with van der Waals surface area (Å²) in [6, 6.07) is 5.57. The minimum absolute atomic E-state index is 0.621. The number of rotatable bonds is 3. The van der Waals surface area contributed by atoms with Crippen LogP contribution >= 0.6 is 0 Å². The summed E-state index contributed by atoms with van der Waals surface area (Å²) in [5, 5.41) is 9.17. The first-order valence-electron chi connectivity index (χ1n) is 5.42.